The lowest BCUT2D eigenvalue weighted by Gasteiger charge is -2.32. The second-order valence-corrected chi connectivity index (χ2v) is 9.55. The van der Waals surface area contributed by atoms with Gasteiger partial charge in [-0.2, -0.15) is 0 Å². The van der Waals surface area contributed by atoms with E-state index in [2.05, 4.69) is 10.2 Å². The van der Waals surface area contributed by atoms with Gasteiger partial charge in [0.15, 0.2) is 0 Å². The maximum atomic E-state index is 15.1. The van der Waals surface area contributed by atoms with Crippen LogP contribution in [0.5, 0.6) is 0 Å². The van der Waals surface area contributed by atoms with Crippen molar-refractivity contribution in [1.29, 1.82) is 0 Å². The lowest BCUT2D eigenvalue weighted by molar-refractivity contribution is -0.136. The third-order valence-electron chi connectivity index (χ3n) is 7.37. The van der Waals surface area contributed by atoms with E-state index in [0.29, 0.717) is 11.1 Å². The van der Waals surface area contributed by atoms with Crippen molar-refractivity contribution in [3.63, 3.8) is 0 Å². The summed E-state index contributed by atoms with van der Waals surface area (Å²) in [6.45, 7) is 4.50. The summed E-state index contributed by atoms with van der Waals surface area (Å²) in [4.78, 5) is 40.3. The molecule has 0 radical (unpaired) electrons. The molecule has 3 amide bonds. The SMILES string of the molecule is Cc1cc(F)ccc1CN1CCC(c2cc3c(cc2F)C(=O)N(C2CCC(=O)NC2=O)C3)CC1. The van der Waals surface area contributed by atoms with Crippen molar-refractivity contribution in [1.82, 2.24) is 15.1 Å². The summed E-state index contributed by atoms with van der Waals surface area (Å²) in [5.74, 6) is -1.73. The molecule has 0 aromatic heterocycles. The molecule has 2 aromatic rings. The Morgan fingerprint density at radius 1 is 1.03 bits per heavy atom. The number of rotatable bonds is 4. The smallest absolute Gasteiger partial charge is 0.255 e. The molecule has 2 saturated heterocycles. The molecule has 2 aromatic carbocycles. The Labute approximate surface area is 196 Å². The Morgan fingerprint density at radius 2 is 1.79 bits per heavy atom. The Bertz CT molecular complexity index is 1170. The van der Waals surface area contributed by atoms with E-state index in [0.717, 1.165) is 49.2 Å². The van der Waals surface area contributed by atoms with Crippen LogP contribution in [0.4, 0.5) is 8.78 Å². The van der Waals surface area contributed by atoms with Crippen molar-refractivity contribution >= 4 is 17.7 Å². The molecule has 1 N–H and O–H groups in total. The first-order chi connectivity index (χ1) is 16.3. The third kappa shape index (κ3) is 4.22. The molecule has 34 heavy (non-hydrogen) atoms. The van der Waals surface area contributed by atoms with Crippen LogP contribution in [0.25, 0.3) is 0 Å². The summed E-state index contributed by atoms with van der Waals surface area (Å²) in [7, 11) is 0. The predicted molar refractivity (Wildman–Crippen MR) is 121 cm³/mol. The second-order valence-electron chi connectivity index (χ2n) is 9.55. The largest absolute Gasteiger partial charge is 0.322 e. The number of hydrogen-bond acceptors (Lipinski definition) is 4. The third-order valence-corrected chi connectivity index (χ3v) is 7.37. The van der Waals surface area contributed by atoms with E-state index in [-0.39, 0.29) is 48.8 Å². The lowest BCUT2D eigenvalue weighted by Crippen LogP contribution is -2.52. The van der Waals surface area contributed by atoms with Crippen molar-refractivity contribution in [2.45, 2.75) is 57.7 Å². The molecule has 0 bridgehead atoms. The summed E-state index contributed by atoms with van der Waals surface area (Å²) >= 11 is 0. The average molecular weight is 468 g/mol. The van der Waals surface area contributed by atoms with Crippen LogP contribution < -0.4 is 5.32 Å². The number of aryl methyl sites for hydroxylation is 1. The number of imide groups is 1. The normalized spacial score (nSPS) is 21.7. The minimum absolute atomic E-state index is 0.0515. The molecule has 178 valence electrons. The van der Waals surface area contributed by atoms with Gasteiger partial charge in [0.2, 0.25) is 11.8 Å². The minimum Gasteiger partial charge on any atom is -0.322 e. The van der Waals surface area contributed by atoms with Crippen LogP contribution in [0.2, 0.25) is 0 Å². The topological polar surface area (TPSA) is 69.7 Å². The number of halogens is 2. The highest BCUT2D eigenvalue weighted by Crippen LogP contribution is 2.35. The molecule has 5 rings (SSSR count). The van der Waals surface area contributed by atoms with Gasteiger partial charge in [0.05, 0.1) is 0 Å². The monoisotopic (exact) mass is 467 g/mol. The molecular formula is C26H27F2N3O3. The zero-order chi connectivity index (χ0) is 24.0. The molecule has 3 aliphatic rings. The molecule has 3 aliphatic heterocycles. The van der Waals surface area contributed by atoms with Crippen LogP contribution in [-0.2, 0) is 22.7 Å². The number of fused-ring (bicyclic) bond motifs is 1. The molecular weight excluding hydrogens is 440 g/mol. The predicted octanol–water partition coefficient (Wildman–Crippen LogP) is 3.41. The van der Waals surface area contributed by atoms with Crippen LogP contribution in [0, 0.1) is 18.6 Å². The molecule has 0 spiro atoms. The molecule has 8 heteroatoms. The van der Waals surface area contributed by atoms with Crippen LogP contribution in [0.3, 0.4) is 0 Å². The van der Waals surface area contributed by atoms with E-state index in [4.69, 9.17) is 0 Å². The maximum Gasteiger partial charge on any atom is 0.255 e. The van der Waals surface area contributed by atoms with Crippen LogP contribution in [0.15, 0.2) is 30.3 Å². The molecule has 2 fully saturated rings. The maximum absolute atomic E-state index is 15.1. The average Bonchev–Trinajstić information content (AvgIpc) is 3.11. The van der Waals surface area contributed by atoms with Crippen molar-refractivity contribution < 1.29 is 23.2 Å². The van der Waals surface area contributed by atoms with Gasteiger partial charge >= 0.3 is 0 Å². The molecule has 0 aliphatic carbocycles. The van der Waals surface area contributed by atoms with Crippen LogP contribution in [0.1, 0.15) is 64.2 Å². The van der Waals surface area contributed by atoms with Gasteiger partial charge in [-0.25, -0.2) is 8.78 Å². The van der Waals surface area contributed by atoms with Crippen LogP contribution in [-0.4, -0.2) is 46.7 Å². The van der Waals surface area contributed by atoms with E-state index >= 15 is 4.39 Å². The summed E-state index contributed by atoms with van der Waals surface area (Å²) in [6.07, 6.45) is 2.05. The second kappa shape index (κ2) is 8.91. The Kier molecular flexibility index (Phi) is 5.93. The van der Waals surface area contributed by atoms with E-state index in [1.165, 1.54) is 17.0 Å². The Balaban J connectivity index is 1.27. The van der Waals surface area contributed by atoms with Crippen molar-refractivity contribution in [3.05, 3.63) is 69.8 Å². The summed E-state index contributed by atoms with van der Waals surface area (Å²) in [5.41, 5.74) is 3.67. The standard InChI is InChI=1S/C26H27F2N3O3/c1-15-10-19(27)3-2-17(15)13-30-8-6-16(7-9-30)20-11-18-14-31(26(34)21(18)12-22(20)28)23-4-5-24(32)29-25(23)33/h2-3,10-12,16,23H,4-9,13-14H2,1H3,(H,29,32,33). The highest BCUT2D eigenvalue weighted by molar-refractivity contribution is 6.05. The Morgan fingerprint density at radius 3 is 2.50 bits per heavy atom. The quantitative estimate of drug-likeness (QED) is 0.700. The van der Waals surface area contributed by atoms with Crippen molar-refractivity contribution in [3.8, 4) is 0 Å². The van der Waals surface area contributed by atoms with Gasteiger partial charge in [-0.1, -0.05) is 12.1 Å². The van der Waals surface area contributed by atoms with Gasteiger partial charge in [0.25, 0.3) is 5.91 Å². The van der Waals surface area contributed by atoms with Crippen molar-refractivity contribution in [2.24, 2.45) is 0 Å². The number of nitrogens with zero attached hydrogens (tertiary/aromatic N) is 2. The van der Waals surface area contributed by atoms with Gasteiger partial charge in [-0.15, -0.1) is 0 Å². The first-order valence-electron chi connectivity index (χ1n) is 11.7. The number of nitrogens with one attached hydrogen (secondary N) is 1. The van der Waals surface area contributed by atoms with Crippen molar-refractivity contribution in [2.75, 3.05) is 13.1 Å². The Hall–Kier alpha value is -3.13. The lowest BCUT2D eigenvalue weighted by atomic mass is 9.87. The van der Waals surface area contributed by atoms with E-state index in [1.807, 2.05) is 13.0 Å². The number of likely N-dealkylation sites (tertiary alicyclic amines) is 1. The first-order valence-corrected chi connectivity index (χ1v) is 11.7. The highest BCUT2D eigenvalue weighted by Gasteiger charge is 2.40. The summed E-state index contributed by atoms with van der Waals surface area (Å²) in [6, 6.07) is 7.24. The molecule has 1 atom stereocenters. The van der Waals surface area contributed by atoms with E-state index in [9.17, 15) is 18.8 Å². The summed E-state index contributed by atoms with van der Waals surface area (Å²) in [5, 5.41) is 2.29. The van der Waals surface area contributed by atoms with Gasteiger partial charge < -0.3 is 4.90 Å². The van der Waals surface area contributed by atoms with E-state index in [1.54, 1.807) is 12.1 Å². The summed E-state index contributed by atoms with van der Waals surface area (Å²) < 4.78 is 28.5. The number of amides is 3. The van der Waals surface area contributed by atoms with Gasteiger partial charge in [-0.05, 0) is 85.6 Å². The molecule has 1 unspecified atom stereocenters. The first kappa shape index (κ1) is 22.7. The van der Waals surface area contributed by atoms with Crippen LogP contribution >= 0.6 is 0 Å². The molecule has 0 saturated carbocycles. The zero-order valence-corrected chi connectivity index (χ0v) is 19.1. The van der Waals surface area contributed by atoms with Gasteiger partial charge in [0.1, 0.15) is 17.7 Å². The molecule has 6 nitrogen and oxygen atoms in total. The highest BCUT2D eigenvalue weighted by atomic mass is 19.1. The van der Waals surface area contributed by atoms with E-state index < -0.39 is 11.9 Å². The number of piperidine rings is 2. The number of carbonyl (C=O) groups is 3. The fourth-order valence-electron chi connectivity index (χ4n) is 5.40. The molecule has 3 heterocycles. The minimum atomic E-state index is -0.706. The zero-order valence-electron chi connectivity index (χ0n) is 19.1. The van der Waals surface area contributed by atoms with Gasteiger partial charge in [0, 0.05) is 25.1 Å². The fourth-order valence-corrected chi connectivity index (χ4v) is 5.40. The fraction of sp³-hybridized carbons (Fsp3) is 0.423. The van der Waals surface area contributed by atoms with Gasteiger partial charge in [-0.3, -0.25) is 24.6 Å². The number of hydrogen-bond donors (Lipinski definition) is 1. The number of benzene rings is 2. The number of carbonyl (C=O) groups excluding carboxylic acids is 3.